The lowest BCUT2D eigenvalue weighted by Gasteiger charge is -2.21. The fraction of sp³-hybridized carbons (Fsp3) is 0.455. The summed E-state index contributed by atoms with van der Waals surface area (Å²) in [4.78, 5) is 30.5. The van der Waals surface area contributed by atoms with E-state index in [1.54, 1.807) is 0 Å². The van der Waals surface area contributed by atoms with Crippen molar-refractivity contribution in [2.45, 2.75) is 19.3 Å². The van der Waals surface area contributed by atoms with Gasteiger partial charge in [-0.1, -0.05) is 0 Å². The molecule has 1 aromatic heterocycles. The third-order valence-electron chi connectivity index (χ3n) is 2.84. The number of carbonyl (C=O) groups excluding carboxylic acids is 2. The molecule has 0 radical (unpaired) electrons. The number of nitrogens with two attached hydrogens (primary N) is 1. The quantitative estimate of drug-likeness (QED) is 0.746. The molecule has 2 heterocycles. The van der Waals surface area contributed by atoms with Crippen molar-refractivity contribution in [1.29, 1.82) is 0 Å². The number of primary amides is 1. The van der Waals surface area contributed by atoms with Gasteiger partial charge in [-0.15, -0.1) is 0 Å². The first-order valence-corrected chi connectivity index (χ1v) is 5.53. The van der Waals surface area contributed by atoms with Crippen LogP contribution in [0.4, 0.5) is 0 Å². The highest BCUT2D eigenvalue weighted by atomic mass is 16.2. The van der Waals surface area contributed by atoms with Gasteiger partial charge in [0.2, 0.25) is 5.91 Å². The predicted molar refractivity (Wildman–Crippen MR) is 60.0 cm³/mol. The fourth-order valence-electron chi connectivity index (χ4n) is 2.02. The van der Waals surface area contributed by atoms with Crippen LogP contribution >= 0.6 is 0 Å². The van der Waals surface area contributed by atoms with Gasteiger partial charge in [0.1, 0.15) is 5.69 Å². The van der Waals surface area contributed by atoms with E-state index in [4.69, 9.17) is 5.73 Å². The molecule has 0 aromatic carbocycles. The third-order valence-corrected chi connectivity index (χ3v) is 2.84. The first-order chi connectivity index (χ1) is 8.16. The molecule has 0 bridgehead atoms. The Morgan fingerprint density at radius 3 is 2.94 bits per heavy atom. The summed E-state index contributed by atoms with van der Waals surface area (Å²) in [6.07, 6.45) is 4.90. The van der Waals surface area contributed by atoms with Gasteiger partial charge in [0, 0.05) is 25.4 Å². The van der Waals surface area contributed by atoms with Crippen molar-refractivity contribution in [3.63, 3.8) is 0 Å². The summed E-state index contributed by atoms with van der Waals surface area (Å²) in [5.41, 5.74) is 6.02. The number of aromatic nitrogens is 2. The first kappa shape index (κ1) is 11.5. The van der Waals surface area contributed by atoms with E-state index in [9.17, 15) is 9.59 Å². The monoisotopic (exact) mass is 234 g/mol. The molecule has 1 aromatic rings. The topological polar surface area (TPSA) is 98.0 Å². The van der Waals surface area contributed by atoms with Crippen molar-refractivity contribution in [3.8, 4) is 0 Å². The molecular formula is C11H14N4O2. The molecule has 1 aliphatic rings. The van der Waals surface area contributed by atoms with E-state index in [0.717, 1.165) is 6.42 Å². The molecule has 0 aliphatic carbocycles. The van der Waals surface area contributed by atoms with Crippen molar-refractivity contribution >= 4 is 11.8 Å². The summed E-state index contributed by atoms with van der Waals surface area (Å²) in [7, 11) is 0. The van der Waals surface area contributed by atoms with Crippen LogP contribution < -0.4 is 11.1 Å². The summed E-state index contributed by atoms with van der Waals surface area (Å²) in [6, 6.07) is 0. The number of nitrogens with one attached hydrogen (secondary N) is 1. The molecule has 90 valence electrons. The molecule has 3 N–H and O–H groups in total. The van der Waals surface area contributed by atoms with Gasteiger partial charge in [-0.25, -0.2) is 4.98 Å². The van der Waals surface area contributed by atoms with Crippen molar-refractivity contribution < 1.29 is 9.59 Å². The van der Waals surface area contributed by atoms with Crippen LogP contribution in [0, 0.1) is 5.92 Å². The Labute approximate surface area is 98.6 Å². The Balaban J connectivity index is 2.12. The number of hydrogen-bond donors (Lipinski definition) is 2. The van der Waals surface area contributed by atoms with Crippen molar-refractivity contribution in [1.82, 2.24) is 15.3 Å². The molecule has 1 atom stereocenters. The lowest BCUT2D eigenvalue weighted by atomic mass is 9.92. The molecule has 6 nitrogen and oxygen atoms in total. The van der Waals surface area contributed by atoms with Gasteiger partial charge in [0.15, 0.2) is 0 Å². The molecule has 1 fully saturated rings. The minimum atomic E-state index is -0.576. The van der Waals surface area contributed by atoms with Gasteiger partial charge in [0.05, 0.1) is 5.69 Å². The van der Waals surface area contributed by atoms with Crippen LogP contribution in [-0.4, -0.2) is 28.3 Å². The standard InChI is InChI=1S/C11H14N4O2/c12-11(17)10-8(13-3-4-15-10)5-7-1-2-14-9(16)6-7/h3-4,7H,1-2,5-6H2,(H2,12,17)(H,14,16). The number of carbonyl (C=O) groups is 2. The van der Waals surface area contributed by atoms with Gasteiger partial charge >= 0.3 is 0 Å². The van der Waals surface area contributed by atoms with Gasteiger partial charge in [0.25, 0.3) is 5.91 Å². The molecule has 1 unspecified atom stereocenters. The van der Waals surface area contributed by atoms with Crippen LogP contribution in [0.2, 0.25) is 0 Å². The van der Waals surface area contributed by atoms with Crippen molar-refractivity contribution in [2.75, 3.05) is 6.54 Å². The fourth-order valence-corrected chi connectivity index (χ4v) is 2.02. The lowest BCUT2D eigenvalue weighted by Crippen LogP contribution is -2.34. The summed E-state index contributed by atoms with van der Waals surface area (Å²) in [6.45, 7) is 0.676. The van der Waals surface area contributed by atoms with Crippen LogP contribution in [0.5, 0.6) is 0 Å². The average molecular weight is 234 g/mol. The van der Waals surface area contributed by atoms with Crippen LogP contribution in [-0.2, 0) is 11.2 Å². The smallest absolute Gasteiger partial charge is 0.269 e. The molecular weight excluding hydrogens is 220 g/mol. The maximum absolute atomic E-state index is 11.2. The number of amides is 2. The van der Waals surface area contributed by atoms with Gasteiger partial charge in [-0.2, -0.15) is 0 Å². The molecule has 6 heteroatoms. The van der Waals surface area contributed by atoms with E-state index < -0.39 is 5.91 Å². The van der Waals surface area contributed by atoms with Gasteiger partial charge in [-0.3, -0.25) is 14.6 Å². The normalized spacial score (nSPS) is 19.8. The van der Waals surface area contributed by atoms with Crippen molar-refractivity contribution in [3.05, 3.63) is 23.8 Å². The van der Waals surface area contributed by atoms with Crippen LogP contribution in [0.3, 0.4) is 0 Å². The van der Waals surface area contributed by atoms with Gasteiger partial charge < -0.3 is 11.1 Å². The highest BCUT2D eigenvalue weighted by Crippen LogP contribution is 2.18. The number of rotatable bonds is 3. The summed E-state index contributed by atoms with van der Waals surface area (Å²) in [5.74, 6) is -0.322. The zero-order chi connectivity index (χ0) is 12.3. The zero-order valence-corrected chi connectivity index (χ0v) is 9.35. The average Bonchev–Trinajstić information content (AvgIpc) is 2.29. The maximum Gasteiger partial charge on any atom is 0.269 e. The lowest BCUT2D eigenvalue weighted by molar-refractivity contribution is -0.123. The Kier molecular flexibility index (Phi) is 3.32. The summed E-state index contributed by atoms with van der Waals surface area (Å²) >= 11 is 0. The Hall–Kier alpha value is -1.98. The highest BCUT2D eigenvalue weighted by Gasteiger charge is 2.22. The largest absolute Gasteiger partial charge is 0.364 e. The SMILES string of the molecule is NC(=O)c1nccnc1CC1CCNC(=O)C1. The third kappa shape index (κ3) is 2.77. The minimum Gasteiger partial charge on any atom is -0.364 e. The summed E-state index contributed by atoms with van der Waals surface area (Å²) < 4.78 is 0. The highest BCUT2D eigenvalue weighted by molar-refractivity contribution is 5.91. The second-order valence-electron chi connectivity index (χ2n) is 4.13. The Bertz CT molecular complexity index is 447. The van der Waals surface area contributed by atoms with Gasteiger partial charge in [-0.05, 0) is 18.8 Å². The number of nitrogens with zero attached hydrogens (tertiary/aromatic N) is 2. The maximum atomic E-state index is 11.2. The molecule has 2 amide bonds. The zero-order valence-electron chi connectivity index (χ0n) is 9.35. The van der Waals surface area contributed by atoms with E-state index in [0.29, 0.717) is 25.1 Å². The Morgan fingerprint density at radius 1 is 1.47 bits per heavy atom. The van der Waals surface area contributed by atoms with E-state index in [1.165, 1.54) is 12.4 Å². The summed E-state index contributed by atoms with van der Waals surface area (Å²) in [5, 5.41) is 2.77. The first-order valence-electron chi connectivity index (χ1n) is 5.53. The van der Waals surface area contributed by atoms with E-state index in [1.807, 2.05) is 0 Å². The number of piperidine rings is 1. The molecule has 2 rings (SSSR count). The Morgan fingerprint density at radius 2 is 2.24 bits per heavy atom. The van der Waals surface area contributed by atoms with Crippen LogP contribution in [0.15, 0.2) is 12.4 Å². The molecule has 0 spiro atoms. The molecule has 1 aliphatic heterocycles. The van der Waals surface area contributed by atoms with E-state index in [2.05, 4.69) is 15.3 Å². The second-order valence-corrected chi connectivity index (χ2v) is 4.13. The van der Waals surface area contributed by atoms with Crippen molar-refractivity contribution in [2.24, 2.45) is 11.7 Å². The number of hydrogen-bond acceptors (Lipinski definition) is 4. The van der Waals surface area contributed by atoms with Crippen LogP contribution in [0.1, 0.15) is 29.0 Å². The minimum absolute atomic E-state index is 0.0470. The second kappa shape index (κ2) is 4.90. The molecule has 1 saturated heterocycles. The van der Waals surface area contributed by atoms with E-state index >= 15 is 0 Å². The predicted octanol–water partition coefficient (Wildman–Crippen LogP) is -0.356. The molecule has 17 heavy (non-hydrogen) atoms. The van der Waals surface area contributed by atoms with Crippen LogP contribution in [0.25, 0.3) is 0 Å². The molecule has 0 saturated carbocycles. The van der Waals surface area contributed by atoms with E-state index in [-0.39, 0.29) is 17.5 Å².